The van der Waals surface area contributed by atoms with Crippen molar-refractivity contribution in [3.8, 4) is 5.75 Å². The third-order valence-electron chi connectivity index (χ3n) is 3.25. The van der Waals surface area contributed by atoms with E-state index >= 15 is 0 Å². The lowest BCUT2D eigenvalue weighted by Gasteiger charge is -2.09. The molecule has 0 amide bonds. The molecule has 0 fully saturated rings. The smallest absolute Gasteiger partial charge is 0.140 e. The number of nitrogens with one attached hydrogen (secondary N) is 1. The predicted octanol–water partition coefficient (Wildman–Crippen LogP) is 3.07. The van der Waals surface area contributed by atoms with Crippen LogP contribution in [-0.4, -0.2) is 37.1 Å². The molecule has 1 N–H and O–H groups in total. The Morgan fingerprint density at radius 1 is 1.23 bits per heavy atom. The van der Waals surface area contributed by atoms with Gasteiger partial charge in [0.1, 0.15) is 17.4 Å². The van der Waals surface area contributed by atoms with E-state index in [9.17, 15) is 0 Å². The average molecular weight is 319 g/mol. The molecule has 0 atom stereocenters. The van der Waals surface area contributed by atoms with Crippen LogP contribution in [0.5, 0.6) is 5.75 Å². The highest BCUT2D eigenvalue weighted by Gasteiger charge is 2.03. The van der Waals surface area contributed by atoms with E-state index in [0.29, 0.717) is 6.61 Å². The average Bonchev–Trinajstić information content (AvgIpc) is 2.94. The molecule has 2 rings (SSSR count). The van der Waals surface area contributed by atoms with Crippen LogP contribution in [0.1, 0.15) is 22.7 Å². The molecule has 2 aromatic rings. The minimum absolute atomic E-state index is 0.536. The van der Waals surface area contributed by atoms with Crippen molar-refractivity contribution in [1.82, 2.24) is 15.2 Å². The Labute approximate surface area is 137 Å². The van der Waals surface area contributed by atoms with E-state index in [-0.39, 0.29) is 0 Å². The maximum Gasteiger partial charge on any atom is 0.140 e. The van der Waals surface area contributed by atoms with Crippen molar-refractivity contribution in [1.29, 1.82) is 0 Å². The monoisotopic (exact) mass is 319 g/mol. The number of hydrogen-bond acceptors (Lipinski definition) is 5. The van der Waals surface area contributed by atoms with Gasteiger partial charge in [-0.05, 0) is 52.7 Å². The number of rotatable bonds is 9. The van der Waals surface area contributed by atoms with Crippen LogP contribution in [0, 0.1) is 6.92 Å². The van der Waals surface area contributed by atoms with E-state index in [1.807, 2.05) is 12.1 Å². The number of nitrogens with zero attached hydrogens (tertiary/aromatic N) is 2. The Bertz CT molecular complexity index is 551. The topological polar surface area (TPSA) is 37.4 Å². The third-order valence-corrected chi connectivity index (χ3v) is 4.12. The number of thiazole rings is 1. The van der Waals surface area contributed by atoms with Gasteiger partial charge < -0.3 is 15.0 Å². The van der Waals surface area contributed by atoms with E-state index in [1.165, 1.54) is 5.56 Å². The molecule has 1 aromatic heterocycles. The largest absolute Gasteiger partial charge is 0.486 e. The first-order valence-electron chi connectivity index (χ1n) is 7.61. The van der Waals surface area contributed by atoms with E-state index < -0.39 is 0 Å². The predicted molar refractivity (Wildman–Crippen MR) is 92.5 cm³/mol. The van der Waals surface area contributed by atoms with Gasteiger partial charge in [-0.3, -0.25) is 0 Å². The zero-order chi connectivity index (χ0) is 15.8. The molecule has 1 heterocycles. The quantitative estimate of drug-likeness (QED) is 0.721. The summed E-state index contributed by atoms with van der Waals surface area (Å²) in [7, 11) is 4.20. The van der Waals surface area contributed by atoms with Crippen LogP contribution in [0.15, 0.2) is 29.6 Å². The molecule has 120 valence electrons. The van der Waals surface area contributed by atoms with Crippen LogP contribution in [0.3, 0.4) is 0 Å². The first-order chi connectivity index (χ1) is 10.6. The molecule has 0 radical (unpaired) electrons. The Hall–Kier alpha value is -1.43. The van der Waals surface area contributed by atoms with E-state index in [4.69, 9.17) is 4.74 Å². The highest BCUT2D eigenvalue weighted by molar-refractivity contribution is 7.09. The molecule has 22 heavy (non-hydrogen) atoms. The van der Waals surface area contributed by atoms with Crippen molar-refractivity contribution in [2.75, 3.05) is 27.2 Å². The second kappa shape index (κ2) is 8.88. The number of benzene rings is 1. The Morgan fingerprint density at radius 3 is 2.73 bits per heavy atom. The van der Waals surface area contributed by atoms with Gasteiger partial charge in [0.25, 0.3) is 0 Å². The van der Waals surface area contributed by atoms with Gasteiger partial charge >= 0.3 is 0 Å². The number of hydrogen-bond donors (Lipinski definition) is 1. The lowest BCUT2D eigenvalue weighted by molar-refractivity contribution is 0.305. The Morgan fingerprint density at radius 2 is 2.00 bits per heavy atom. The van der Waals surface area contributed by atoms with Crippen molar-refractivity contribution in [2.24, 2.45) is 0 Å². The first-order valence-corrected chi connectivity index (χ1v) is 8.49. The summed E-state index contributed by atoms with van der Waals surface area (Å²) >= 11 is 1.66. The summed E-state index contributed by atoms with van der Waals surface area (Å²) in [5.74, 6) is 0.893. The molecule has 0 unspecified atom stereocenters. The molecule has 0 spiro atoms. The van der Waals surface area contributed by atoms with Crippen molar-refractivity contribution in [2.45, 2.75) is 26.5 Å². The van der Waals surface area contributed by atoms with Crippen LogP contribution in [-0.2, 0) is 13.2 Å². The Kier molecular flexibility index (Phi) is 6.83. The lowest BCUT2D eigenvalue weighted by Crippen LogP contribution is -2.21. The molecule has 0 saturated carbocycles. The second-order valence-corrected chi connectivity index (χ2v) is 6.61. The zero-order valence-electron chi connectivity index (χ0n) is 13.6. The molecule has 0 aliphatic rings. The second-order valence-electron chi connectivity index (χ2n) is 5.67. The Balaban J connectivity index is 1.68. The fourth-order valence-corrected chi connectivity index (χ4v) is 2.72. The minimum Gasteiger partial charge on any atom is -0.486 e. The van der Waals surface area contributed by atoms with Gasteiger partial charge in [-0.15, -0.1) is 11.3 Å². The summed E-state index contributed by atoms with van der Waals surface area (Å²) in [5, 5.41) is 6.55. The molecule has 0 aliphatic heterocycles. The van der Waals surface area contributed by atoms with Crippen molar-refractivity contribution in [3.05, 3.63) is 45.9 Å². The molecule has 0 saturated heterocycles. The number of ether oxygens (including phenoxy) is 1. The summed E-state index contributed by atoms with van der Waals surface area (Å²) in [6, 6.07) is 8.10. The standard InChI is InChI=1S/C17H25N3OS/c1-14-5-7-16(8-6-14)21-12-17-19-15(13-22-17)11-18-9-4-10-20(2)3/h5-8,13,18H,4,9-12H2,1-3H3. The van der Waals surface area contributed by atoms with Gasteiger partial charge in [0.15, 0.2) is 0 Å². The first kappa shape index (κ1) is 16.9. The third kappa shape index (κ3) is 6.13. The number of aromatic nitrogens is 1. The van der Waals surface area contributed by atoms with Gasteiger partial charge in [0.05, 0.1) is 5.69 Å². The summed E-state index contributed by atoms with van der Waals surface area (Å²) < 4.78 is 5.75. The maximum atomic E-state index is 5.75. The molecule has 0 aliphatic carbocycles. The molecular weight excluding hydrogens is 294 g/mol. The van der Waals surface area contributed by atoms with Crippen LogP contribution in [0.25, 0.3) is 0 Å². The summed E-state index contributed by atoms with van der Waals surface area (Å²) in [6.45, 7) is 5.57. The number of aryl methyl sites for hydroxylation is 1. The molecule has 1 aromatic carbocycles. The van der Waals surface area contributed by atoms with Crippen molar-refractivity contribution >= 4 is 11.3 Å². The zero-order valence-corrected chi connectivity index (χ0v) is 14.4. The molecule has 0 bridgehead atoms. The van der Waals surface area contributed by atoms with Crippen LogP contribution < -0.4 is 10.1 Å². The lowest BCUT2D eigenvalue weighted by atomic mass is 10.2. The molecule has 4 nitrogen and oxygen atoms in total. The highest BCUT2D eigenvalue weighted by Crippen LogP contribution is 2.16. The fourth-order valence-electron chi connectivity index (χ4n) is 2.01. The van der Waals surface area contributed by atoms with Gasteiger partial charge in [-0.2, -0.15) is 0 Å². The van der Waals surface area contributed by atoms with E-state index in [1.54, 1.807) is 11.3 Å². The SMILES string of the molecule is Cc1ccc(OCc2nc(CNCCCN(C)C)cs2)cc1. The van der Waals surface area contributed by atoms with Gasteiger partial charge in [0.2, 0.25) is 0 Å². The van der Waals surface area contributed by atoms with Crippen molar-refractivity contribution < 1.29 is 4.74 Å². The van der Waals surface area contributed by atoms with E-state index in [0.717, 1.165) is 42.5 Å². The van der Waals surface area contributed by atoms with Crippen molar-refractivity contribution in [3.63, 3.8) is 0 Å². The fraction of sp³-hybridized carbons (Fsp3) is 0.471. The summed E-state index contributed by atoms with van der Waals surface area (Å²) in [5.41, 5.74) is 2.33. The highest BCUT2D eigenvalue weighted by atomic mass is 32.1. The van der Waals surface area contributed by atoms with Crippen LogP contribution >= 0.6 is 11.3 Å². The van der Waals surface area contributed by atoms with Gasteiger partial charge in [0, 0.05) is 11.9 Å². The van der Waals surface area contributed by atoms with Gasteiger partial charge in [-0.25, -0.2) is 4.98 Å². The van der Waals surface area contributed by atoms with Crippen LogP contribution in [0.2, 0.25) is 0 Å². The maximum absolute atomic E-state index is 5.75. The minimum atomic E-state index is 0.536. The van der Waals surface area contributed by atoms with Crippen LogP contribution in [0.4, 0.5) is 0 Å². The molecule has 5 heteroatoms. The summed E-state index contributed by atoms with van der Waals surface area (Å²) in [4.78, 5) is 6.80. The van der Waals surface area contributed by atoms with E-state index in [2.05, 4.69) is 53.7 Å². The molecular formula is C17H25N3OS. The normalized spacial score (nSPS) is 11.1. The van der Waals surface area contributed by atoms with Gasteiger partial charge in [-0.1, -0.05) is 17.7 Å². The summed E-state index contributed by atoms with van der Waals surface area (Å²) in [6.07, 6.45) is 1.15.